The van der Waals surface area contributed by atoms with E-state index in [-0.39, 0.29) is 23.6 Å². The van der Waals surface area contributed by atoms with Crippen LogP contribution in [-0.4, -0.2) is 15.4 Å². The van der Waals surface area contributed by atoms with Gasteiger partial charge in [-0.1, -0.05) is 12.1 Å². The molecule has 1 aromatic heterocycles. The standard InChI is InChI=1S/C21H21N3O5/c25-20(22-17-8-3-6-14-5-1-2-7-16(14)17)9-4-12-23-18-11-10-15(24(27)28)13-19(18)29-21(23)26/h3,6,8,10-11,13H,1-2,4-5,7,9,12H2,(H,22,25). The lowest BCUT2D eigenvalue weighted by Gasteiger charge is -2.19. The SMILES string of the molecule is O=C(CCCn1c(=O)oc2cc([N+](=O)[O-])ccc21)Nc1cccc2c1CCCC2. The number of nitrogens with one attached hydrogen (secondary N) is 1. The van der Waals surface area contributed by atoms with Gasteiger partial charge in [-0.2, -0.15) is 0 Å². The van der Waals surface area contributed by atoms with Crippen molar-refractivity contribution in [2.45, 2.75) is 45.1 Å². The molecule has 29 heavy (non-hydrogen) atoms. The van der Waals surface area contributed by atoms with Crippen molar-refractivity contribution in [3.05, 3.63) is 68.2 Å². The minimum absolute atomic E-state index is 0.0968. The van der Waals surface area contributed by atoms with Gasteiger partial charge in [0.05, 0.1) is 16.5 Å². The number of non-ortho nitro benzene ring substituents is 1. The highest BCUT2D eigenvalue weighted by Crippen LogP contribution is 2.28. The van der Waals surface area contributed by atoms with Crippen LogP contribution < -0.4 is 11.1 Å². The average molecular weight is 395 g/mol. The number of carbonyl (C=O) groups is 1. The molecule has 1 aliphatic rings. The topological polar surface area (TPSA) is 107 Å². The fraction of sp³-hybridized carbons (Fsp3) is 0.333. The van der Waals surface area contributed by atoms with Crippen LogP contribution in [0.3, 0.4) is 0 Å². The van der Waals surface area contributed by atoms with Crippen molar-refractivity contribution < 1.29 is 14.1 Å². The molecular weight excluding hydrogens is 374 g/mol. The summed E-state index contributed by atoms with van der Waals surface area (Å²) in [5, 5.41) is 13.9. The molecule has 1 amide bonds. The third-order valence-electron chi connectivity index (χ3n) is 5.32. The first-order valence-corrected chi connectivity index (χ1v) is 9.71. The molecule has 150 valence electrons. The Hall–Kier alpha value is -3.42. The normalized spacial score (nSPS) is 13.2. The first-order valence-electron chi connectivity index (χ1n) is 9.71. The molecule has 0 atom stereocenters. The highest BCUT2D eigenvalue weighted by molar-refractivity contribution is 5.91. The summed E-state index contributed by atoms with van der Waals surface area (Å²) in [6.07, 6.45) is 5.06. The Labute approximate surface area is 166 Å². The molecule has 2 aromatic carbocycles. The second-order valence-electron chi connectivity index (χ2n) is 7.23. The number of aromatic nitrogens is 1. The summed E-state index contributed by atoms with van der Waals surface area (Å²) in [6.45, 7) is 0.296. The first-order chi connectivity index (χ1) is 14.0. The Morgan fingerprint density at radius 1 is 1.21 bits per heavy atom. The van der Waals surface area contributed by atoms with Gasteiger partial charge in [0.25, 0.3) is 5.69 Å². The maximum atomic E-state index is 12.4. The fourth-order valence-electron chi connectivity index (χ4n) is 3.89. The molecular formula is C21H21N3O5. The largest absolute Gasteiger partial charge is 0.419 e. The Morgan fingerprint density at radius 3 is 2.86 bits per heavy atom. The van der Waals surface area contributed by atoms with Crippen molar-refractivity contribution in [3.8, 4) is 0 Å². The number of oxazole rings is 1. The van der Waals surface area contributed by atoms with E-state index in [2.05, 4.69) is 11.4 Å². The van der Waals surface area contributed by atoms with Crippen LogP contribution in [0.4, 0.5) is 11.4 Å². The number of benzene rings is 2. The molecule has 1 N–H and O–H groups in total. The molecule has 0 unspecified atom stereocenters. The second-order valence-corrected chi connectivity index (χ2v) is 7.23. The number of nitrogens with zero attached hydrogens (tertiary/aromatic N) is 2. The van der Waals surface area contributed by atoms with E-state index in [1.54, 1.807) is 0 Å². The molecule has 0 bridgehead atoms. The molecule has 4 rings (SSSR count). The highest BCUT2D eigenvalue weighted by Gasteiger charge is 2.16. The molecule has 8 heteroatoms. The van der Waals surface area contributed by atoms with E-state index in [4.69, 9.17) is 4.42 Å². The number of hydrogen-bond acceptors (Lipinski definition) is 5. The van der Waals surface area contributed by atoms with Crippen molar-refractivity contribution in [2.24, 2.45) is 0 Å². The van der Waals surface area contributed by atoms with Crippen molar-refractivity contribution in [1.82, 2.24) is 4.57 Å². The lowest BCUT2D eigenvalue weighted by atomic mass is 9.90. The van der Waals surface area contributed by atoms with Crippen LogP contribution in [0.2, 0.25) is 0 Å². The third-order valence-corrected chi connectivity index (χ3v) is 5.32. The summed E-state index contributed by atoms with van der Waals surface area (Å²) < 4.78 is 6.51. The number of nitro benzene ring substituents is 1. The van der Waals surface area contributed by atoms with Crippen LogP contribution in [0.15, 0.2) is 45.6 Å². The zero-order valence-electron chi connectivity index (χ0n) is 15.8. The maximum absolute atomic E-state index is 12.4. The zero-order chi connectivity index (χ0) is 20.4. The van der Waals surface area contributed by atoms with Crippen LogP contribution in [0.5, 0.6) is 0 Å². The van der Waals surface area contributed by atoms with Gasteiger partial charge in [-0.3, -0.25) is 19.5 Å². The molecule has 0 aliphatic heterocycles. The van der Waals surface area contributed by atoms with Crippen molar-refractivity contribution in [3.63, 3.8) is 0 Å². The van der Waals surface area contributed by atoms with Crippen molar-refractivity contribution in [2.75, 3.05) is 5.32 Å². The Kier molecular flexibility index (Phi) is 5.16. The maximum Gasteiger partial charge on any atom is 0.419 e. The molecule has 8 nitrogen and oxygen atoms in total. The number of hydrogen-bond donors (Lipinski definition) is 1. The van der Waals surface area contributed by atoms with Gasteiger partial charge in [-0.25, -0.2) is 4.79 Å². The van der Waals surface area contributed by atoms with Gasteiger partial charge in [-0.05, 0) is 55.4 Å². The number of nitro groups is 1. The van der Waals surface area contributed by atoms with Crippen LogP contribution in [0, 0.1) is 10.1 Å². The number of aryl methyl sites for hydroxylation is 2. The highest BCUT2D eigenvalue weighted by atomic mass is 16.6. The van der Waals surface area contributed by atoms with E-state index >= 15 is 0 Å². The number of rotatable bonds is 6. The monoisotopic (exact) mass is 395 g/mol. The summed E-state index contributed by atoms with van der Waals surface area (Å²) in [5.41, 5.74) is 3.93. The smallest absolute Gasteiger partial charge is 0.407 e. The molecule has 0 saturated heterocycles. The predicted molar refractivity (Wildman–Crippen MR) is 108 cm³/mol. The average Bonchev–Trinajstić information content (AvgIpc) is 3.03. The van der Waals surface area contributed by atoms with Gasteiger partial charge < -0.3 is 9.73 Å². The Morgan fingerprint density at radius 2 is 2.03 bits per heavy atom. The van der Waals surface area contributed by atoms with Crippen molar-refractivity contribution in [1.29, 1.82) is 0 Å². The van der Waals surface area contributed by atoms with Gasteiger partial charge >= 0.3 is 5.76 Å². The van der Waals surface area contributed by atoms with E-state index in [1.165, 1.54) is 40.3 Å². The number of anilines is 1. The summed E-state index contributed by atoms with van der Waals surface area (Å²) in [5.74, 6) is -0.682. The number of amides is 1. The van der Waals surface area contributed by atoms with E-state index in [1.807, 2.05) is 12.1 Å². The Bertz CT molecular complexity index is 1140. The van der Waals surface area contributed by atoms with E-state index in [9.17, 15) is 19.7 Å². The summed E-state index contributed by atoms with van der Waals surface area (Å²) >= 11 is 0. The summed E-state index contributed by atoms with van der Waals surface area (Å²) in [6, 6.07) is 10.1. The minimum Gasteiger partial charge on any atom is -0.407 e. The second kappa shape index (κ2) is 7.90. The quantitative estimate of drug-likeness (QED) is 0.504. The predicted octanol–water partition coefficient (Wildman–Crippen LogP) is 3.80. The lowest BCUT2D eigenvalue weighted by Crippen LogP contribution is -2.18. The van der Waals surface area contributed by atoms with E-state index in [0.29, 0.717) is 18.5 Å². The molecule has 0 saturated carbocycles. The van der Waals surface area contributed by atoms with Crippen LogP contribution in [-0.2, 0) is 24.2 Å². The van der Waals surface area contributed by atoms with E-state index < -0.39 is 10.7 Å². The lowest BCUT2D eigenvalue weighted by molar-refractivity contribution is -0.384. The zero-order valence-corrected chi connectivity index (χ0v) is 15.8. The van der Waals surface area contributed by atoms with E-state index in [0.717, 1.165) is 24.9 Å². The van der Waals surface area contributed by atoms with Gasteiger partial charge in [0.2, 0.25) is 5.91 Å². The van der Waals surface area contributed by atoms with Crippen LogP contribution in [0.25, 0.3) is 11.1 Å². The molecule has 0 radical (unpaired) electrons. The molecule has 1 aliphatic carbocycles. The Balaban J connectivity index is 1.40. The number of fused-ring (bicyclic) bond motifs is 2. The van der Waals surface area contributed by atoms with Gasteiger partial charge in [0.15, 0.2) is 5.58 Å². The fourth-order valence-corrected chi connectivity index (χ4v) is 3.89. The first kappa shape index (κ1) is 18.9. The van der Waals surface area contributed by atoms with Crippen molar-refractivity contribution >= 4 is 28.4 Å². The molecule has 0 spiro atoms. The molecule has 0 fully saturated rings. The minimum atomic E-state index is -0.585. The molecule has 1 heterocycles. The summed E-state index contributed by atoms with van der Waals surface area (Å²) in [7, 11) is 0. The van der Waals surface area contributed by atoms with Crippen LogP contribution >= 0.6 is 0 Å². The molecule has 3 aromatic rings. The van der Waals surface area contributed by atoms with Gasteiger partial charge in [0, 0.05) is 24.7 Å². The van der Waals surface area contributed by atoms with Gasteiger partial charge in [0.1, 0.15) is 0 Å². The van der Waals surface area contributed by atoms with Crippen LogP contribution in [0.1, 0.15) is 36.8 Å². The van der Waals surface area contributed by atoms with Gasteiger partial charge in [-0.15, -0.1) is 0 Å². The third kappa shape index (κ3) is 3.91. The summed E-state index contributed by atoms with van der Waals surface area (Å²) in [4.78, 5) is 34.8. The number of carbonyl (C=O) groups excluding carboxylic acids is 1.